The summed E-state index contributed by atoms with van der Waals surface area (Å²) < 4.78 is 5.03. The lowest BCUT2D eigenvalue weighted by Crippen LogP contribution is -2.44. The monoisotopic (exact) mass is 229 g/mol. The van der Waals surface area contributed by atoms with E-state index in [0.717, 1.165) is 0 Å². The fourth-order valence-electron chi connectivity index (χ4n) is 1.88. The van der Waals surface area contributed by atoms with Crippen molar-refractivity contribution in [1.29, 1.82) is 0 Å². The molecule has 16 heavy (non-hydrogen) atoms. The molecule has 0 radical (unpaired) electrons. The number of rotatable bonds is 4. The van der Waals surface area contributed by atoms with Crippen LogP contribution in [-0.4, -0.2) is 47.4 Å². The Morgan fingerprint density at radius 2 is 2.19 bits per heavy atom. The molecule has 3 N–H and O–H groups in total. The van der Waals surface area contributed by atoms with Crippen molar-refractivity contribution < 1.29 is 24.5 Å². The molecule has 1 amide bonds. The van der Waals surface area contributed by atoms with E-state index in [2.05, 4.69) is 5.32 Å². The van der Waals surface area contributed by atoms with Gasteiger partial charge in [-0.2, -0.15) is 0 Å². The number of aliphatic carboxylic acids is 1. The molecule has 1 aliphatic heterocycles. The summed E-state index contributed by atoms with van der Waals surface area (Å²) in [6.07, 6.45) is 0.899. The number of aliphatic hydroxyl groups is 1. The number of hydrogen-bond donors (Lipinski definition) is 3. The summed E-state index contributed by atoms with van der Waals surface area (Å²) >= 11 is 0. The molecule has 1 unspecified atom stereocenters. The minimum atomic E-state index is -0.983. The molecular formula is C10H15NO5. The van der Waals surface area contributed by atoms with Crippen LogP contribution in [0.15, 0.2) is 0 Å². The minimum absolute atomic E-state index is 0.134. The summed E-state index contributed by atoms with van der Waals surface area (Å²) in [4.78, 5) is 22.0. The maximum absolute atomic E-state index is 11.5. The number of nitrogens with one attached hydrogen (secondary N) is 1. The predicted octanol–water partition coefficient (Wildman–Crippen LogP) is -1.03. The number of carbonyl (C=O) groups excluding carboxylic acids is 1. The van der Waals surface area contributed by atoms with E-state index in [0.29, 0.717) is 19.4 Å². The summed E-state index contributed by atoms with van der Waals surface area (Å²) in [6.45, 7) is 0.850. The van der Waals surface area contributed by atoms with Gasteiger partial charge in [0.25, 0.3) is 0 Å². The molecule has 0 aromatic rings. The van der Waals surface area contributed by atoms with Gasteiger partial charge in [-0.1, -0.05) is 0 Å². The second-order valence-corrected chi connectivity index (χ2v) is 4.53. The van der Waals surface area contributed by atoms with Gasteiger partial charge in [0.1, 0.15) is 5.60 Å². The van der Waals surface area contributed by atoms with Crippen LogP contribution in [0.5, 0.6) is 0 Å². The smallest absolute Gasteiger partial charge is 0.307 e. The Hall–Kier alpha value is -1.14. The number of hydrogen-bond acceptors (Lipinski definition) is 4. The van der Waals surface area contributed by atoms with Crippen molar-refractivity contribution in [3.63, 3.8) is 0 Å². The van der Waals surface area contributed by atoms with Crippen LogP contribution in [-0.2, 0) is 14.3 Å². The maximum atomic E-state index is 11.5. The van der Waals surface area contributed by atoms with Gasteiger partial charge in [0, 0.05) is 19.6 Å². The summed E-state index contributed by atoms with van der Waals surface area (Å²) in [7, 11) is 0. The van der Waals surface area contributed by atoms with Crippen LogP contribution >= 0.6 is 0 Å². The Kier molecular flexibility index (Phi) is 2.86. The molecule has 1 heterocycles. The Morgan fingerprint density at radius 3 is 2.69 bits per heavy atom. The van der Waals surface area contributed by atoms with Gasteiger partial charge in [0.05, 0.1) is 18.4 Å². The molecule has 0 spiro atoms. The van der Waals surface area contributed by atoms with Crippen molar-refractivity contribution in [2.75, 3.05) is 19.8 Å². The molecule has 3 atom stereocenters. The van der Waals surface area contributed by atoms with Crippen molar-refractivity contribution >= 4 is 11.9 Å². The number of amides is 1. The minimum Gasteiger partial charge on any atom is -0.481 e. The number of carboxylic acids is 1. The summed E-state index contributed by atoms with van der Waals surface area (Å²) in [5.41, 5.74) is -0.983. The second kappa shape index (κ2) is 4.03. The molecule has 0 bridgehead atoms. The average Bonchev–Trinajstić information content (AvgIpc) is 2.93. The highest BCUT2D eigenvalue weighted by Gasteiger charge is 2.48. The molecule has 90 valence electrons. The van der Waals surface area contributed by atoms with Gasteiger partial charge >= 0.3 is 5.97 Å². The fraction of sp³-hybridized carbons (Fsp3) is 0.800. The summed E-state index contributed by atoms with van der Waals surface area (Å²) in [6, 6.07) is 0. The lowest BCUT2D eigenvalue weighted by Gasteiger charge is -2.20. The third-order valence-electron chi connectivity index (χ3n) is 3.12. The van der Waals surface area contributed by atoms with Crippen LogP contribution in [0.25, 0.3) is 0 Å². The van der Waals surface area contributed by atoms with E-state index in [1.807, 2.05) is 0 Å². The van der Waals surface area contributed by atoms with E-state index in [4.69, 9.17) is 9.84 Å². The van der Waals surface area contributed by atoms with E-state index in [1.165, 1.54) is 0 Å². The van der Waals surface area contributed by atoms with Crippen LogP contribution < -0.4 is 5.32 Å². The van der Waals surface area contributed by atoms with Gasteiger partial charge in [-0.15, -0.1) is 0 Å². The van der Waals surface area contributed by atoms with Crippen LogP contribution in [0.4, 0.5) is 0 Å². The highest BCUT2D eigenvalue weighted by atomic mass is 16.5. The molecule has 2 fully saturated rings. The average molecular weight is 229 g/mol. The van der Waals surface area contributed by atoms with Crippen molar-refractivity contribution in [1.82, 2.24) is 5.32 Å². The standard InChI is InChI=1S/C10H15NO5/c12-8(6-3-7(6)9(13)14)11-4-10(15)1-2-16-5-10/h6-7,15H,1-5H2,(H,11,12)(H,13,14)/t6-,7+,10?/m1/s1. The zero-order valence-electron chi connectivity index (χ0n) is 8.81. The Morgan fingerprint density at radius 1 is 1.44 bits per heavy atom. The van der Waals surface area contributed by atoms with E-state index < -0.39 is 23.4 Å². The molecular weight excluding hydrogens is 214 g/mol. The molecule has 0 aromatic carbocycles. The van der Waals surface area contributed by atoms with Gasteiger partial charge in [0.15, 0.2) is 0 Å². The quantitative estimate of drug-likeness (QED) is 0.573. The molecule has 2 aliphatic rings. The summed E-state index contributed by atoms with van der Waals surface area (Å²) in [5, 5.41) is 21.1. The Bertz CT molecular complexity index is 310. The Balaban J connectivity index is 1.75. The topological polar surface area (TPSA) is 95.9 Å². The number of carboxylic acid groups (broad SMARTS) is 1. The van der Waals surface area contributed by atoms with Crippen molar-refractivity contribution in [2.24, 2.45) is 11.8 Å². The summed E-state index contributed by atoms with van der Waals surface area (Å²) in [5.74, 6) is -2.19. The zero-order chi connectivity index (χ0) is 11.8. The van der Waals surface area contributed by atoms with Gasteiger partial charge in [-0.3, -0.25) is 9.59 Å². The number of ether oxygens (including phenoxy) is 1. The molecule has 1 saturated heterocycles. The SMILES string of the molecule is O=C(O)[C@H]1C[C@H]1C(=O)NCC1(O)CCOC1. The van der Waals surface area contributed by atoms with Crippen molar-refractivity contribution in [2.45, 2.75) is 18.4 Å². The lowest BCUT2D eigenvalue weighted by molar-refractivity contribution is -0.140. The normalized spacial score (nSPS) is 37.1. The highest BCUT2D eigenvalue weighted by molar-refractivity contribution is 5.89. The zero-order valence-corrected chi connectivity index (χ0v) is 8.81. The first-order chi connectivity index (χ1) is 7.52. The molecule has 1 aliphatic carbocycles. The molecule has 6 heteroatoms. The lowest BCUT2D eigenvalue weighted by atomic mass is 10.0. The van der Waals surface area contributed by atoms with Gasteiger partial charge in [-0.25, -0.2) is 0 Å². The van der Waals surface area contributed by atoms with E-state index in [9.17, 15) is 14.7 Å². The van der Waals surface area contributed by atoms with E-state index in [-0.39, 0.29) is 19.1 Å². The third kappa shape index (κ3) is 2.33. The molecule has 2 rings (SSSR count). The molecule has 0 aromatic heterocycles. The van der Waals surface area contributed by atoms with Gasteiger partial charge < -0.3 is 20.3 Å². The van der Waals surface area contributed by atoms with Crippen LogP contribution in [0.3, 0.4) is 0 Å². The van der Waals surface area contributed by atoms with E-state index in [1.54, 1.807) is 0 Å². The second-order valence-electron chi connectivity index (χ2n) is 4.53. The van der Waals surface area contributed by atoms with Crippen molar-refractivity contribution in [3.05, 3.63) is 0 Å². The number of carbonyl (C=O) groups is 2. The van der Waals surface area contributed by atoms with Crippen LogP contribution in [0, 0.1) is 11.8 Å². The first-order valence-corrected chi connectivity index (χ1v) is 5.32. The van der Waals surface area contributed by atoms with Gasteiger partial charge in [0.2, 0.25) is 5.91 Å². The third-order valence-corrected chi connectivity index (χ3v) is 3.12. The fourth-order valence-corrected chi connectivity index (χ4v) is 1.88. The maximum Gasteiger partial charge on any atom is 0.307 e. The molecule has 6 nitrogen and oxygen atoms in total. The predicted molar refractivity (Wildman–Crippen MR) is 52.6 cm³/mol. The van der Waals surface area contributed by atoms with Gasteiger partial charge in [-0.05, 0) is 6.42 Å². The first kappa shape index (κ1) is 11.3. The highest BCUT2D eigenvalue weighted by Crippen LogP contribution is 2.38. The molecule has 1 saturated carbocycles. The largest absolute Gasteiger partial charge is 0.481 e. The first-order valence-electron chi connectivity index (χ1n) is 5.32. The van der Waals surface area contributed by atoms with Crippen LogP contribution in [0.2, 0.25) is 0 Å². The van der Waals surface area contributed by atoms with E-state index >= 15 is 0 Å². The van der Waals surface area contributed by atoms with Crippen LogP contribution in [0.1, 0.15) is 12.8 Å². The van der Waals surface area contributed by atoms with Crippen molar-refractivity contribution in [3.8, 4) is 0 Å². The Labute approximate surface area is 92.6 Å².